The summed E-state index contributed by atoms with van der Waals surface area (Å²) in [7, 11) is 2.05. The number of piperidine rings is 2. The quantitative estimate of drug-likeness (QED) is 0.556. The van der Waals surface area contributed by atoms with Gasteiger partial charge in [0.2, 0.25) is 0 Å². The molecule has 1 aromatic heterocycles. The Morgan fingerprint density at radius 3 is 2.56 bits per heavy atom. The molecular weight excluding hydrogens is 441 g/mol. The molecule has 4 rings (SSSR count). The number of amides is 2. The summed E-state index contributed by atoms with van der Waals surface area (Å²) in [5.74, 6) is -1.08. The third-order valence-corrected chi connectivity index (χ3v) is 6.47. The number of benzene rings is 1. The first-order valence-corrected chi connectivity index (χ1v) is 11.4. The number of carbonyl (C=O) groups is 2. The van der Waals surface area contributed by atoms with Gasteiger partial charge in [0.05, 0.1) is 6.04 Å². The van der Waals surface area contributed by atoms with Crippen molar-refractivity contribution >= 4 is 29.7 Å². The lowest BCUT2D eigenvalue weighted by Gasteiger charge is -2.37. The monoisotopic (exact) mass is 471 g/mol. The second-order valence-electron chi connectivity index (χ2n) is 8.89. The Balaban J connectivity index is 1.44. The number of primary amides is 1. The second kappa shape index (κ2) is 10.2. The van der Waals surface area contributed by atoms with E-state index in [0.29, 0.717) is 25.2 Å². The number of hydrogen-bond donors (Lipinski definition) is 3. The Kier molecular flexibility index (Phi) is 7.11. The summed E-state index contributed by atoms with van der Waals surface area (Å²) in [6.45, 7) is 2.58. The number of ether oxygens (including phenoxy) is 1. The number of nitrogens with two attached hydrogens (primary N) is 1. The van der Waals surface area contributed by atoms with Crippen molar-refractivity contribution in [3.8, 4) is 0 Å². The molecule has 2 aliphatic heterocycles. The van der Waals surface area contributed by atoms with E-state index >= 15 is 0 Å². The minimum atomic E-state index is -0.651. The molecule has 2 atom stereocenters. The number of likely N-dealkylation sites (tertiary alicyclic amines) is 2. The molecule has 0 bridgehead atoms. The number of anilines is 2. The summed E-state index contributed by atoms with van der Waals surface area (Å²) in [4.78, 5) is 28.6. The van der Waals surface area contributed by atoms with Gasteiger partial charge in [0.25, 0.3) is 5.91 Å². The van der Waals surface area contributed by atoms with Crippen LogP contribution in [0.3, 0.4) is 0 Å². The molecule has 2 fully saturated rings. The molecule has 2 saturated heterocycles. The summed E-state index contributed by atoms with van der Waals surface area (Å²) in [6, 6.07) is 5.44. The van der Waals surface area contributed by atoms with Gasteiger partial charge < -0.3 is 31.0 Å². The molecular formula is C23H30FN7O3. The average Bonchev–Trinajstić information content (AvgIpc) is 3.25. The van der Waals surface area contributed by atoms with Crippen molar-refractivity contribution in [2.75, 3.05) is 38.5 Å². The van der Waals surface area contributed by atoms with E-state index in [1.165, 1.54) is 30.5 Å². The van der Waals surface area contributed by atoms with Crippen LogP contribution in [0, 0.1) is 17.1 Å². The van der Waals surface area contributed by atoms with Crippen LogP contribution in [0.1, 0.15) is 35.7 Å². The van der Waals surface area contributed by atoms with Crippen LogP contribution < -0.4 is 11.1 Å². The van der Waals surface area contributed by atoms with E-state index in [2.05, 4.69) is 22.4 Å². The van der Waals surface area contributed by atoms with E-state index in [9.17, 15) is 14.0 Å². The van der Waals surface area contributed by atoms with Gasteiger partial charge in [0.15, 0.2) is 5.82 Å². The summed E-state index contributed by atoms with van der Waals surface area (Å²) < 4.78 is 20.5. The molecule has 4 N–H and O–H groups in total. The van der Waals surface area contributed by atoms with Crippen molar-refractivity contribution in [1.82, 2.24) is 19.6 Å². The van der Waals surface area contributed by atoms with Crippen LogP contribution in [0.5, 0.6) is 0 Å². The lowest BCUT2D eigenvalue weighted by molar-refractivity contribution is 0.0235. The van der Waals surface area contributed by atoms with Gasteiger partial charge in [-0.15, -0.1) is 0 Å². The predicted octanol–water partition coefficient (Wildman–Crippen LogP) is 2.61. The minimum absolute atomic E-state index is 0.0795. The molecule has 0 aliphatic carbocycles. The fourth-order valence-electron chi connectivity index (χ4n) is 4.45. The van der Waals surface area contributed by atoms with E-state index in [0.717, 1.165) is 25.9 Å². The Labute approximate surface area is 197 Å². The molecule has 10 nitrogen and oxygen atoms in total. The van der Waals surface area contributed by atoms with Gasteiger partial charge in [0, 0.05) is 50.2 Å². The summed E-state index contributed by atoms with van der Waals surface area (Å²) >= 11 is 0. The van der Waals surface area contributed by atoms with Gasteiger partial charge in [-0.2, -0.15) is 5.10 Å². The average molecular weight is 472 g/mol. The normalized spacial score (nSPS) is 21.8. The van der Waals surface area contributed by atoms with Crippen LogP contribution in [0.2, 0.25) is 0 Å². The number of halogens is 1. The Bertz CT molecular complexity index is 1030. The van der Waals surface area contributed by atoms with Crippen molar-refractivity contribution in [2.45, 2.75) is 31.4 Å². The van der Waals surface area contributed by atoms with E-state index in [4.69, 9.17) is 15.9 Å². The van der Waals surface area contributed by atoms with Crippen LogP contribution in [-0.4, -0.2) is 77.1 Å². The molecule has 3 heterocycles. The second-order valence-corrected chi connectivity index (χ2v) is 8.89. The largest absolute Gasteiger partial charge is 0.446 e. The number of hydrogen-bond acceptors (Lipinski definition) is 7. The topological polar surface area (TPSA) is 130 Å². The molecule has 0 radical (unpaired) electrons. The molecule has 11 heteroatoms. The maximum Gasteiger partial charge on any atom is 0.410 e. The zero-order valence-corrected chi connectivity index (χ0v) is 19.1. The summed E-state index contributed by atoms with van der Waals surface area (Å²) in [6.07, 6.45) is 4.61. The van der Waals surface area contributed by atoms with E-state index in [1.807, 2.05) is 0 Å². The Morgan fingerprint density at radius 1 is 1.21 bits per heavy atom. The van der Waals surface area contributed by atoms with Crippen molar-refractivity contribution in [1.29, 1.82) is 5.41 Å². The fourth-order valence-corrected chi connectivity index (χ4v) is 4.45. The van der Waals surface area contributed by atoms with Crippen molar-refractivity contribution < 1.29 is 18.7 Å². The van der Waals surface area contributed by atoms with Gasteiger partial charge in [-0.1, -0.05) is 0 Å². The third-order valence-electron chi connectivity index (χ3n) is 6.47. The van der Waals surface area contributed by atoms with E-state index in [-0.39, 0.29) is 41.4 Å². The van der Waals surface area contributed by atoms with Gasteiger partial charge in [0.1, 0.15) is 17.5 Å². The number of nitrogens with zero attached hydrogens (tertiary/aromatic N) is 4. The SMILES string of the molecule is CN1CCC(OC(=O)N2CC[C@@H](n3cc(C(N)=O)c(Nc4ccc(F)cc4)n3)[C@H](C=N)C2)CC1. The highest BCUT2D eigenvalue weighted by molar-refractivity contribution is 5.98. The smallest absolute Gasteiger partial charge is 0.410 e. The standard InChI is InChI=1S/C23H30FN7O3/c1-29-9-6-18(7-10-29)34-23(33)30-11-8-20(15(12-25)13-30)31-14-19(21(26)32)22(28-31)27-17-4-2-16(24)3-5-17/h2-5,12,14-15,18,20,25H,6-11,13H2,1H3,(H2,26,32)(H,27,28)/t15-,20-/m1/s1. The van der Waals surface area contributed by atoms with Gasteiger partial charge in [-0.05, 0) is 50.6 Å². The lowest BCUT2D eigenvalue weighted by Crippen LogP contribution is -2.47. The first-order chi connectivity index (χ1) is 16.3. The molecule has 2 aliphatic rings. The molecule has 1 aromatic carbocycles. The molecule has 182 valence electrons. The maximum absolute atomic E-state index is 13.2. The minimum Gasteiger partial charge on any atom is -0.446 e. The highest BCUT2D eigenvalue weighted by Crippen LogP contribution is 2.30. The molecule has 0 spiro atoms. The first-order valence-electron chi connectivity index (χ1n) is 11.4. The number of carbonyl (C=O) groups excluding carboxylic acids is 2. The number of rotatable bonds is 6. The van der Waals surface area contributed by atoms with Crippen molar-refractivity contribution in [2.24, 2.45) is 11.7 Å². The van der Waals surface area contributed by atoms with Gasteiger partial charge in [-0.25, -0.2) is 9.18 Å². The maximum atomic E-state index is 13.2. The molecule has 34 heavy (non-hydrogen) atoms. The van der Waals surface area contributed by atoms with Crippen LogP contribution in [0.25, 0.3) is 0 Å². The molecule has 2 aromatic rings. The van der Waals surface area contributed by atoms with E-state index in [1.54, 1.807) is 15.8 Å². The van der Waals surface area contributed by atoms with Crippen LogP contribution in [0.4, 0.5) is 20.7 Å². The lowest BCUT2D eigenvalue weighted by atomic mass is 9.93. The van der Waals surface area contributed by atoms with Crippen LogP contribution >= 0.6 is 0 Å². The van der Waals surface area contributed by atoms with E-state index < -0.39 is 5.91 Å². The van der Waals surface area contributed by atoms with Gasteiger partial charge >= 0.3 is 6.09 Å². The molecule has 0 unspecified atom stereocenters. The summed E-state index contributed by atoms with van der Waals surface area (Å²) in [5.41, 5.74) is 6.30. The first kappa shape index (κ1) is 23.7. The zero-order chi connectivity index (χ0) is 24.2. The fraction of sp³-hybridized carbons (Fsp3) is 0.478. The highest BCUT2D eigenvalue weighted by atomic mass is 19.1. The van der Waals surface area contributed by atoms with Gasteiger partial charge in [-0.3, -0.25) is 9.48 Å². The van der Waals surface area contributed by atoms with Crippen LogP contribution in [0.15, 0.2) is 30.5 Å². The number of aromatic nitrogens is 2. The number of nitrogens with one attached hydrogen (secondary N) is 2. The highest BCUT2D eigenvalue weighted by Gasteiger charge is 2.34. The van der Waals surface area contributed by atoms with Crippen LogP contribution in [-0.2, 0) is 4.74 Å². The molecule has 2 amide bonds. The van der Waals surface area contributed by atoms with Crippen molar-refractivity contribution in [3.63, 3.8) is 0 Å². The third kappa shape index (κ3) is 5.36. The zero-order valence-electron chi connectivity index (χ0n) is 19.1. The Morgan fingerprint density at radius 2 is 1.91 bits per heavy atom. The Hall–Kier alpha value is -3.47. The summed E-state index contributed by atoms with van der Waals surface area (Å²) in [5, 5.41) is 15.4. The molecule has 0 saturated carbocycles. The van der Waals surface area contributed by atoms with Crippen molar-refractivity contribution in [3.05, 3.63) is 41.8 Å². The predicted molar refractivity (Wildman–Crippen MR) is 125 cm³/mol.